The molecular weight excluding hydrogens is 591 g/mol. The first-order valence-electron chi connectivity index (χ1n) is 15.7. The molecule has 0 radical (unpaired) electrons. The molecule has 1 N–H and O–H groups in total. The van der Waals surface area contributed by atoms with Crippen LogP contribution in [-0.4, -0.2) is 71.6 Å². The van der Waals surface area contributed by atoms with Gasteiger partial charge in [-0.05, 0) is 137 Å². The van der Waals surface area contributed by atoms with Crippen molar-refractivity contribution in [3.05, 3.63) is 63.4 Å². The number of hydrogen-bond donors (Lipinski definition) is 1. The number of rotatable bonds is 12. The van der Waals surface area contributed by atoms with Crippen LogP contribution < -0.4 is 0 Å². The average Bonchev–Trinajstić information content (AvgIpc) is 3.28. The molecule has 1 aliphatic carbocycles. The van der Waals surface area contributed by atoms with Gasteiger partial charge in [0, 0.05) is 29.5 Å². The maximum absolute atomic E-state index is 12.8. The minimum absolute atomic E-state index is 0.0529. The molecule has 1 aromatic heterocycles. The summed E-state index contributed by atoms with van der Waals surface area (Å²) in [6.07, 6.45) is 2.25. The predicted molar refractivity (Wildman–Crippen MR) is 167 cm³/mol. The molecular formula is C34H47ClF3N3O3. The number of ether oxygens (including phenoxy) is 1. The van der Waals surface area contributed by atoms with Crippen LogP contribution in [0, 0.1) is 19.3 Å². The van der Waals surface area contributed by atoms with E-state index in [2.05, 4.69) is 35.4 Å². The first kappa shape index (κ1) is 34.7. The number of aliphatic carboxylic acids is 1. The third-order valence-corrected chi connectivity index (χ3v) is 9.87. The Labute approximate surface area is 264 Å². The molecule has 1 unspecified atom stereocenters. The second-order valence-electron chi connectivity index (χ2n) is 13.7. The van der Waals surface area contributed by atoms with Gasteiger partial charge in [-0.3, -0.25) is 19.4 Å². The summed E-state index contributed by atoms with van der Waals surface area (Å²) < 4.78 is 42.7. The number of aromatic nitrogens is 1. The molecule has 1 saturated carbocycles. The minimum atomic E-state index is -4.65. The number of pyridine rings is 1. The van der Waals surface area contributed by atoms with E-state index < -0.39 is 24.5 Å². The van der Waals surface area contributed by atoms with Gasteiger partial charge in [-0.25, -0.2) is 0 Å². The fraction of sp³-hybridized carbons (Fsp3) is 0.647. The second-order valence-corrected chi connectivity index (χ2v) is 14.1. The standard InChI is InChI=1S/C34H47ClF3N3O3/c1-22-6-9-26(35)18-28(22)24(13-16-41-17-14-33(3,4)21-41)12-15-40(5)31(32(42)43)29-20-39-19-23(2)30(29)25-7-10-27(11-8-25)44-34(36,37)38/h6,9,18-20,24-25,27,31H,7-8,10-17,21H2,1-5H3,(H,42,43)/t24-,25?,27?,31?/m1/s1. The van der Waals surface area contributed by atoms with Crippen molar-refractivity contribution in [2.45, 2.75) is 103 Å². The van der Waals surface area contributed by atoms with Crippen molar-refractivity contribution < 1.29 is 27.8 Å². The Balaban J connectivity index is 1.52. The zero-order valence-electron chi connectivity index (χ0n) is 26.6. The number of nitrogens with zero attached hydrogens (tertiary/aromatic N) is 3. The molecule has 6 nitrogen and oxygen atoms in total. The molecule has 2 aromatic rings. The number of alkyl halides is 3. The largest absolute Gasteiger partial charge is 0.522 e. The highest BCUT2D eigenvalue weighted by Gasteiger charge is 2.37. The van der Waals surface area contributed by atoms with Crippen LogP contribution in [0.15, 0.2) is 30.6 Å². The van der Waals surface area contributed by atoms with E-state index in [-0.39, 0.29) is 24.7 Å². The zero-order chi connectivity index (χ0) is 32.2. The van der Waals surface area contributed by atoms with E-state index in [0.29, 0.717) is 35.4 Å². The lowest BCUT2D eigenvalue weighted by Gasteiger charge is -2.34. The number of carbonyl (C=O) groups is 1. The van der Waals surface area contributed by atoms with Gasteiger partial charge in [-0.1, -0.05) is 31.5 Å². The number of aryl methyl sites for hydroxylation is 2. The summed E-state index contributed by atoms with van der Waals surface area (Å²) in [5.41, 5.74) is 5.07. The van der Waals surface area contributed by atoms with Crippen molar-refractivity contribution in [3.63, 3.8) is 0 Å². The summed E-state index contributed by atoms with van der Waals surface area (Å²) >= 11 is 6.44. The van der Waals surface area contributed by atoms with E-state index in [9.17, 15) is 23.1 Å². The predicted octanol–water partition coefficient (Wildman–Crippen LogP) is 8.27. The van der Waals surface area contributed by atoms with Crippen LogP contribution >= 0.6 is 11.6 Å². The van der Waals surface area contributed by atoms with Gasteiger partial charge < -0.3 is 10.0 Å². The van der Waals surface area contributed by atoms with Crippen molar-refractivity contribution in [2.75, 3.05) is 33.2 Å². The van der Waals surface area contributed by atoms with Crippen molar-refractivity contribution in [3.8, 4) is 0 Å². The summed E-state index contributed by atoms with van der Waals surface area (Å²) in [6, 6.07) is 5.07. The number of likely N-dealkylation sites (N-methyl/N-ethyl adjacent to an activating group) is 1. The fourth-order valence-electron chi connectivity index (χ4n) is 7.34. The summed E-state index contributed by atoms with van der Waals surface area (Å²) in [4.78, 5) is 21.6. The Morgan fingerprint density at radius 1 is 1.14 bits per heavy atom. The summed E-state index contributed by atoms with van der Waals surface area (Å²) in [7, 11) is 1.84. The molecule has 0 amide bonds. The quantitative estimate of drug-likeness (QED) is 0.253. The summed E-state index contributed by atoms with van der Waals surface area (Å²) in [6.45, 7) is 12.3. The van der Waals surface area contributed by atoms with Crippen LogP contribution in [0.5, 0.6) is 0 Å². The summed E-state index contributed by atoms with van der Waals surface area (Å²) in [5, 5.41) is 11.2. The first-order valence-corrected chi connectivity index (χ1v) is 16.1. The van der Waals surface area contributed by atoms with Crippen LogP contribution in [0.4, 0.5) is 13.2 Å². The second kappa shape index (κ2) is 14.5. The Kier molecular flexibility index (Phi) is 11.4. The number of hydrogen-bond acceptors (Lipinski definition) is 5. The first-order chi connectivity index (χ1) is 20.6. The van der Waals surface area contributed by atoms with Crippen LogP contribution in [0.3, 0.4) is 0 Å². The lowest BCUT2D eigenvalue weighted by molar-refractivity contribution is -0.345. The van der Waals surface area contributed by atoms with E-state index in [1.807, 2.05) is 37.1 Å². The minimum Gasteiger partial charge on any atom is -0.480 e. The third-order valence-electron chi connectivity index (χ3n) is 9.63. The Bertz CT molecular complexity index is 1280. The van der Waals surface area contributed by atoms with Gasteiger partial charge in [0.25, 0.3) is 0 Å². The van der Waals surface area contributed by atoms with Gasteiger partial charge >= 0.3 is 12.3 Å². The molecule has 0 bridgehead atoms. The molecule has 1 aromatic carbocycles. The smallest absolute Gasteiger partial charge is 0.480 e. The van der Waals surface area contributed by atoms with Crippen molar-refractivity contribution in [2.24, 2.45) is 5.41 Å². The fourth-order valence-corrected chi connectivity index (χ4v) is 7.52. The lowest BCUT2D eigenvalue weighted by atomic mass is 9.78. The zero-order valence-corrected chi connectivity index (χ0v) is 27.3. The van der Waals surface area contributed by atoms with Gasteiger partial charge in [-0.15, -0.1) is 13.2 Å². The molecule has 1 saturated heterocycles. The molecule has 2 aliphatic rings. The lowest BCUT2D eigenvalue weighted by Crippen LogP contribution is -2.34. The topological polar surface area (TPSA) is 65.9 Å². The molecule has 2 fully saturated rings. The number of carboxylic acid groups (broad SMARTS) is 1. The van der Waals surface area contributed by atoms with Crippen LogP contribution in [0.1, 0.15) is 104 Å². The maximum Gasteiger partial charge on any atom is 0.522 e. The monoisotopic (exact) mass is 637 g/mol. The van der Waals surface area contributed by atoms with Crippen LogP contribution in [-0.2, 0) is 9.53 Å². The molecule has 2 heterocycles. The highest BCUT2D eigenvalue weighted by molar-refractivity contribution is 6.30. The van der Waals surface area contributed by atoms with E-state index in [0.717, 1.165) is 43.6 Å². The molecule has 10 heteroatoms. The van der Waals surface area contributed by atoms with Crippen LogP contribution in [0.2, 0.25) is 5.02 Å². The van der Waals surface area contributed by atoms with Crippen molar-refractivity contribution in [1.82, 2.24) is 14.8 Å². The number of likely N-dealkylation sites (tertiary alicyclic amines) is 1. The van der Waals surface area contributed by atoms with Gasteiger partial charge in [0.05, 0.1) is 6.10 Å². The normalized spacial score (nSPS) is 22.3. The number of carboxylic acids is 1. The van der Waals surface area contributed by atoms with Gasteiger partial charge in [0.15, 0.2) is 0 Å². The Morgan fingerprint density at radius 3 is 2.45 bits per heavy atom. The molecule has 2 atom stereocenters. The van der Waals surface area contributed by atoms with Gasteiger partial charge in [-0.2, -0.15) is 0 Å². The van der Waals surface area contributed by atoms with Crippen LogP contribution in [0.25, 0.3) is 0 Å². The van der Waals surface area contributed by atoms with Gasteiger partial charge in [0.2, 0.25) is 0 Å². The van der Waals surface area contributed by atoms with Crippen molar-refractivity contribution in [1.29, 1.82) is 0 Å². The van der Waals surface area contributed by atoms with E-state index >= 15 is 0 Å². The maximum atomic E-state index is 12.8. The SMILES string of the molecule is Cc1ccc(Cl)cc1[C@@H](CCN1CCC(C)(C)C1)CCN(C)C(C(=O)O)c1cncc(C)c1C1CCC(OC(F)(F)F)CC1. The van der Waals surface area contributed by atoms with E-state index in [4.69, 9.17) is 11.6 Å². The average molecular weight is 638 g/mol. The molecule has 0 spiro atoms. The molecule has 4 rings (SSSR count). The van der Waals surface area contributed by atoms with Crippen molar-refractivity contribution >= 4 is 17.6 Å². The highest BCUT2D eigenvalue weighted by atomic mass is 35.5. The number of halogens is 4. The molecule has 244 valence electrons. The number of benzene rings is 1. The third kappa shape index (κ3) is 9.18. The van der Waals surface area contributed by atoms with Gasteiger partial charge in [0.1, 0.15) is 6.04 Å². The molecule has 44 heavy (non-hydrogen) atoms. The Morgan fingerprint density at radius 2 is 1.84 bits per heavy atom. The Hall–Kier alpha value is -2.20. The highest BCUT2D eigenvalue weighted by Crippen LogP contribution is 2.41. The van der Waals surface area contributed by atoms with E-state index in [1.54, 1.807) is 12.4 Å². The molecule has 1 aliphatic heterocycles. The van der Waals surface area contributed by atoms with E-state index in [1.165, 1.54) is 17.5 Å². The summed E-state index contributed by atoms with van der Waals surface area (Å²) in [5.74, 6) is -0.818.